The van der Waals surface area contributed by atoms with Crippen LogP contribution in [0.1, 0.15) is 12.8 Å². The fourth-order valence-electron chi connectivity index (χ4n) is 3.19. The third kappa shape index (κ3) is 4.92. The van der Waals surface area contributed by atoms with Crippen molar-refractivity contribution in [3.8, 4) is 6.07 Å². The quantitative estimate of drug-likeness (QED) is 0.490. The standard InChI is InChI=1S/C19H17ClN4O4S2/c1-28-18(27)15-14(10-2-4-11(20)5-3-10)12(8-21)17(24-16(15)26)30-9-13(25)23-19-22-6-7-29-19/h2,4,6-7,14-15H,3,5,9H2,1H3,(H,24,26)(H,22,23,25). The number of esters is 1. The topological polar surface area (TPSA) is 121 Å². The Bertz CT molecular complexity index is 995. The molecular formula is C19H17ClN4O4S2. The third-order valence-corrected chi connectivity index (χ3v) is 6.56. The number of ether oxygens (including phenoxy) is 1. The lowest BCUT2D eigenvalue weighted by Gasteiger charge is -2.33. The lowest BCUT2D eigenvalue weighted by atomic mass is 9.76. The van der Waals surface area contributed by atoms with Gasteiger partial charge >= 0.3 is 5.97 Å². The van der Waals surface area contributed by atoms with Gasteiger partial charge in [-0.15, -0.1) is 11.3 Å². The summed E-state index contributed by atoms with van der Waals surface area (Å²) in [6, 6.07) is 2.11. The van der Waals surface area contributed by atoms with E-state index < -0.39 is 23.7 Å². The summed E-state index contributed by atoms with van der Waals surface area (Å²) in [5.41, 5.74) is 0.959. The van der Waals surface area contributed by atoms with Crippen molar-refractivity contribution in [2.45, 2.75) is 12.8 Å². The summed E-state index contributed by atoms with van der Waals surface area (Å²) in [4.78, 5) is 41.2. The van der Waals surface area contributed by atoms with Gasteiger partial charge in [0.25, 0.3) is 0 Å². The molecule has 2 N–H and O–H groups in total. The summed E-state index contributed by atoms with van der Waals surface area (Å²) in [5.74, 6) is -3.63. The number of thioether (sulfide) groups is 1. The molecule has 30 heavy (non-hydrogen) atoms. The number of thiazole rings is 1. The van der Waals surface area contributed by atoms with Crippen molar-refractivity contribution < 1.29 is 19.1 Å². The van der Waals surface area contributed by atoms with Crippen LogP contribution in [0.4, 0.5) is 5.13 Å². The molecule has 0 radical (unpaired) electrons. The van der Waals surface area contributed by atoms with E-state index in [1.54, 1.807) is 23.7 Å². The average Bonchev–Trinajstić information content (AvgIpc) is 3.24. The molecule has 0 bridgehead atoms. The van der Waals surface area contributed by atoms with E-state index in [9.17, 15) is 19.6 Å². The number of allylic oxidation sites excluding steroid dienone is 5. The zero-order valence-electron chi connectivity index (χ0n) is 15.8. The highest BCUT2D eigenvalue weighted by atomic mass is 35.5. The lowest BCUT2D eigenvalue weighted by molar-refractivity contribution is -0.151. The van der Waals surface area contributed by atoms with E-state index >= 15 is 0 Å². The molecule has 0 fully saturated rings. The number of carbonyl (C=O) groups excluding carboxylic acids is 3. The Balaban J connectivity index is 1.89. The molecule has 1 aliphatic carbocycles. The predicted molar refractivity (Wildman–Crippen MR) is 114 cm³/mol. The van der Waals surface area contributed by atoms with Crippen LogP contribution in [0.2, 0.25) is 0 Å². The first-order valence-electron chi connectivity index (χ1n) is 8.84. The SMILES string of the molecule is COC(=O)C1C(=O)NC(SCC(=O)Nc2nccs2)=C(C#N)C1C1=CC=C(Cl)CC1. The molecule has 0 aromatic carbocycles. The van der Waals surface area contributed by atoms with Crippen LogP contribution in [0, 0.1) is 23.2 Å². The van der Waals surface area contributed by atoms with Crippen molar-refractivity contribution in [3.63, 3.8) is 0 Å². The van der Waals surface area contributed by atoms with Crippen LogP contribution in [-0.4, -0.2) is 35.6 Å². The van der Waals surface area contributed by atoms with E-state index in [0.717, 1.165) is 17.3 Å². The van der Waals surface area contributed by atoms with Crippen molar-refractivity contribution in [1.82, 2.24) is 10.3 Å². The van der Waals surface area contributed by atoms with Crippen molar-refractivity contribution in [2.24, 2.45) is 11.8 Å². The van der Waals surface area contributed by atoms with Crippen LogP contribution in [0.5, 0.6) is 0 Å². The molecule has 11 heteroatoms. The number of nitrogens with zero attached hydrogens (tertiary/aromatic N) is 2. The Morgan fingerprint density at radius 3 is 2.87 bits per heavy atom. The number of hydrogen-bond donors (Lipinski definition) is 2. The molecule has 0 spiro atoms. The number of amides is 2. The van der Waals surface area contributed by atoms with Gasteiger partial charge in [0.1, 0.15) is 5.92 Å². The molecule has 0 saturated heterocycles. The molecule has 0 saturated carbocycles. The summed E-state index contributed by atoms with van der Waals surface area (Å²) in [6.45, 7) is 0. The highest BCUT2D eigenvalue weighted by Gasteiger charge is 2.45. The molecule has 1 aromatic heterocycles. The van der Waals surface area contributed by atoms with Crippen molar-refractivity contribution in [2.75, 3.05) is 18.2 Å². The molecule has 2 heterocycles. The normalized spacial score (nSPS) is 21.2. The van der Waals surface area contributed by atoms with Gasteiger partial charge in [0.2, 0.25) is 11.8 Å². The fourth-order valence-corrected chi connectivity index (χ4v) is 4.74. The fraction of sp³-hybridized carbons (Fsp3) is 0.316. The van der Waals surface area contributed by atoms with E-state index in [1.165, 1.54) is 18.4 Å². The van der Waals surface area contributed by atoms with Crippen LogP contribution in [0.3, 0.4) is 0 Å². The van der Waals surface area contributed by atoms with Crippen molar-refractivity contribution in [1.29, 1.82) is 5.26 Å². The largest absolute Gasteiger partial charge is 0.468 e. The molecule has 8 nitrogen and oxygen atoms in total. The smallest absolute Gasteiger partial charge is 0.319 e. The monoisotopic (exact) mass is 464 g/mol. The summed E-state index contributed by atoms with van der Waals surface area (Å²) in [7, 11) is 1.20. The van der Waals surface area contributed by atoms with Gasteiger partial charge in [-0.3, -0.25) is 14.4 Å². The van der Waals surface area contributed by atoms with E-state index in [0.29, 0.717) is 23.0 Å². The summed E-state index contributed by atoms with van der Waals surface area (Å²) in [6.07, 6.45) is 6.07. The number of methoxy groups -OCH3 is 1. The minimum Gasteiger partial charge on any atom is -0.468 e. The summed E-state index contributed by atoms with van der Waals surface area (Å²) in [5, 5.41) is 18.2. The molecule has 3 rings (SSSR count). The Labute approximate surface area is 186 Å². The minimum atomic E-state index is -1.19. The second kappa shape index (κ2) is 9.93. The number of carbonyl (C=O) groups is 3. The van der Waals surface area contributed by atoms with Crippen LogP contribution >= 0.6 is 34.7 Å². The first-order chi connectivity index (χ1) is 14.4. The lowest BCUT2D eigenvalue weighted by Crippen LogP contribution is -2.46. The number of aromatic nitrogens is 1. The average molecular weight is 465 g/mol. The number of nitrogens with one attached hydrogen (secondary N) is 2. The van der Waals surface area contributed by atoms with Crippen molar-refractivity contribution >= 4 is 57.6 Å². The van der Waals surface area contributed by atoms with Crippen LogP contribution in [0.15, 0.2) is 44.9 Å². The molecule has 2 unspecified atom stereocenters. The molecule has 156 valence electrons. The van der Waals surface area contributed by atoms with E-state index in [4.69, 9.17) is 16.3 Å². The van der Waals surface area contributed by atoms with Gasteiger partial charge in [-0.05, 0) is 18.9 Å². The Morgan fingerprint density at radius 2 is 2.27 bits per heavy atom. The first kappa shape index (κ1) is 22.1. The maximum absolute atomic E-state index is 12.7. The third-order valence-electron chi connectivity index (χ3n) is 4.54. The van der Waals surface area contributed by atoms with Gasteiger partial charge in [-0.1, -0.05) is 35.0 Å². The number of rotatable bonds is 6. The minimum absolute atomic E-state index is 0.0409. The van der Waals surface area contributed by atoms with Gasteiger partial charge in [0.15, 0.2) is 5.13 Å². The molecule has 2 amide bonds. The zero-order valence-corrected chi connectivity index (χ0v) is 18.2. The summed E-state index contributed by atoms with van der Waals surface area (Å²) >= 11 is 8.34. The number of nitriles is 1. The maximum atomic E-state index is 12.7. The molecule has 1 aromatic rings. The molecule has 2 aliphatic rings. The number of hydrogen-bond acceptors (Lipinski definition) is 8. The van der Waals surface area contributed by atoms with Gasteiger partial charge in [-0.2, -0.15) is 5.26 Å². The second-order valence-electron chi connectivity index (χ2n) is 6.35. The highest BCUT2D eigenvalue weighted by Crippen LogP contribution is 2.41. The number of anilines is 1. The van der Waals surface area contributed by atoms with E-state index in [1.807, 2.05) is 0 Å². The molecule has 2 atom stereocenters. The van der Waals surface area contributed by atoms with Gasteiger partial charge in [0, 0.05) is 22.5 Å². The van der Waals surface area contributed by atoms with E-state index in [-0.39, 0.29) is 22.3 Å². The van der Waals surface area contributed by atoms with Gasteiger partial charge < -0.3 is 15.4 Å². The maximum Gasteiger partial charge on any atom is 0.319 e. The Morgan fingerprint density at radius 1 is 1.47 bits per heavy atom. The highest BCUT2D eigenvalue weighted by molar-refractivity contribution is 8.03. The number of halogens is 1. The van der Waals surface area contributed by atoms with Crippen molar-refractivity contribution in [3.05, 3.63) is 44.9 Å². The van der Waals surface area contributed by atoms with Crippen LogP contribution in [-0.2, 0) is 19.1 Å². The Hall–Kier alpha value is -2.61. The molecule has 1 aliphatic heterocycles. The first-order valence-corrected chi connectivity index (χ1v) is 11.1. The predicted octanol–water partition coefficient (Wildman–Crippen LogP) is 2.93. The van der Waals surface area contributed by atoms with Crippen LogP contribution in [0.25, 0.3) is 0 Å². The van der Waals surface area contributed by atoms with E-state index in [2.05, 4.69) is 21.7 Å². The summed E-state index contributed by atoms with van der Waals surface area (Å²) < 4.78 is 4.81. The van der Waals surface area contributed by atoms with Crippen LogP contribution < -0.4 is 10.6 Å². The second-order valence-corrected chi connectivity index (χ2v) is 8.72. The molecular weight excluding hydrogens is 448 g/mol. The Kier molecular flexibility index (Phi) is 7.31. The zero-order chi connectivity index (χ0) is 21.7. The van der Waals surface area contributed by atoms with Gasteiger partial charge in [-0.25, -0.2) is 4.98 Å². The van der Waals surface area contributed by atoms with Gasteiger partial charge in [0.05, 0.1) is 29.5 Å².